The largest absolute Gasteiger partial charge is 0.244 e. The second-order valence-corrected chi connectivity index (χ2v) is 4.78. The zero-order valence-electron chi connectivity index (χ0n) is 11.5. The van der Waals surface area contributed by atoms with Crippen LogP contribution in [0.4, 0.5) is 0 Å². The average molecular weight is 263 g/mol. The number of hydrogen-bond acceptors (Lipinski definition) is 2. The molecular weight excluding hydrogens is 246 g/mol. The highest BCUT2D eigenvalue weighted by molar-refractivity contribution is 5.57. The van der Waals surface area contributed by atoms with Crippen molar-refractivity contribution in [3.8, 4) is 11.3 Å². The van der Waals surface area contributed by atoms with Crippen molar-refractivity contribution < 1.29 is 0 Å². The summed E-state index contributed by atoms with van der Waals surface area (Å²) in [6.07, 6.45) is 3.01. The number of rotatable bonds is 4. The lowest BCUT2D eigenvalue weighted by Gasteiger charge is -2.14. The Morgan fingerprint density at radius 1 is 0.950 bits per heavy atom. The van der Waals surface area contributed by atoms with Crippen molar-refractivity contribution in [1.82, 2.24) is 15.0 Å². The molecule has 0 radical (unpaired) electrons. The van der Waals surface area contributed by atoms with E-state index in [1.54, 1.807) is 0 Å². The summed E-state index contributed by atoms with van der Waals surface area (Å²) in [6, 6.07) is 20.8. The molecule has 0 amide bonds. The predicted molar refractivity (Wildman–Crippen MR) is 80.3 cm³/mol. The summed E-state index contributed by atoms with van der Waals surface area (Å²) in [5.74, 6) is 0. The van der Waals surface area contributed by atoms with Gasteiger partial charge in [0.25, 0.3) is 0 Å². The van der Waals surface area contributed by atoms with Crippen LogP contribution in [0.25, 0.3) is 11.3 Å². The molecule has 0 saturated carbocycles. The van der Waals surface area contributed by atoms with Gasteiger partial charge in [0, 0.05) is 5.56 Å². The molecule has 0 bridgehead atoms. The van der Waals surface area contributed by atoms with Crippen molar-refractivity contribution >= 4 is 0 Å². The van der Waals surface area contributed by atoms with Gasteiger partial charge < -0.3 is 0 Å². The first-order chi connectivity index (χ1) is 9.88. The van der Waals surface area contributed by atoms with Crippen LogP contribution in [0, 0.1) is 0 Å². The van der Waals surface area contributed by atoms with Gasteiger partial charge in [-0.1, -0.05) is 72.8 Å². The van der Waals surface area contributed by atoms with Gasteiger partial charge in [-0.15, -0.1) is 5.10 Å². The molecule has 20 heavy (non-hydrogen) atoms. The highest BCUT2D eigenvalue weighted by Crippen LogP contribution is 2.23. The topological polar surface area (TPSA) is 30.7 Å². The van der Waals surface area contributed by atoms with Gasteiger partial charge in [-0.25, -0.2) is 4.68 Å². The van der Waals surface area contributed by atoms with Crippen LogP contribution in [0.5, 0.6) is 0 Å². The van der Waals surface area contributed by atoms with Crippen LogP contribution in [0.15, 0.2) is 66.9 Å². The summed E-state index contributed by atoms with van der Waals surface area (Å²) in [5.41, 5.74) is 3.28. The van der Waals surface area contributed by atoms with E-state index in [9.17, 15) is 0 Å². The van der Waals surface area contributed by atoms with Gasteiger partial charge in [-0.3, -0.25) is 0 Å². The lowest BCUT2D eigenvalue weighted by Crippen LogP contribution is -2.10. The van der Waals surface area contributed by atoms with E-state index in [0.29, 0.717) is 0 Å². The molecule has 0 aliphatic rings. The van der Waals surface area contributed by atoms with Crippen molar-refractivity contribution in [3.05, 3.63) is 72.4 Å². The smallest absolute Gasteiger partial charge is 0.113 e. The van der Waals surface area contributed by atoms with E-state index >= 15 is 0 Å². The average Bonchev–Trinajstić information content (AvgIpc) is 3.00. The minimum Gasteiger partial charge on any atom is -0.244 e. The monoisotopic (exact) mass is 263 g/mol. The van der Waals surface area contributed by atoms with Crippen molar-refractivity contribution in [2.45, 2.75) is 19.4 Å². The van der Waals surface area contributed by atoms with Gasteiger partial charge in [0.1, 0.15) is 5.69 Å². The van der Waals surface area contributed by atoms with Crippen molar-refractivity contribution in [2.75, 3.05) is 0 Å². The van der Waals surface area contributed by atoms with Crippen LogP contribution in [0.2, 0.25) is 0 Å². The Bertz CT molecular complexity index is 659. The molecule has 100 valence electrons. The Morgan fingerprint density at radius 2 is 1.60 bits per heavy atom. The molecule has 0 fully saturated rings. The lowest BCUT2D eigenvalue weighted by molar-refractivity contribution is 0.493. The molecule has 1 atom stereocenters. The Morgan fingerprint density at radius 3 is 2.25 bits per heavy atom. The fraction of sp³-hybridized carbons (Fsp3) is 0.176. The third kappa shape index (κ3) is 2.48. The molecule has 3 heteroatoms. The molecule has 1 heterocycles. The van der Waals surface area contributed by atoms with Crippen LogP contribution in [0.3, 0.4) is 0 Å². The van der Waals surface area contributed by atoms with E-state index in [0.717, 1.165) is 17.7 Å². The van der Waals surface area contributed by atoms with Gasteiger partial charge in [0.05, 0.1) is 12.2 Å². The van der Waals surface area contributed by atoms with Gasteiger partial charge in [-0.2, -0.15) is 0 Å². The van der Waals surface area contributed by atoms with Gasteiger partial charge >= 0.3 is 0 Å². The second kappa shape index (κ2) is 5.70. The van der Waals surface area contributed by atoms with E-state index < -0.39 is 0 Å². The summed E-state index contributed by atoms with van der Waals surface area (Å²) in [4.78, 5) is 0. The van der Waals surface area contributed by atoms with Crippen molar-refractivity contribution in [3.63, 3.8) is 0 Å². The Kier molecular flexibility index (Phi) is 3.59. The SMILES string of the molecule is CCC(c1ccccc1)n1cc(-c2ccccc2)nn1. The molecule has 0 saturated heterocycles. The normalized spacial score (nSPS) is 12.2. The molecule has 1 unspecified atom stereocenters. The molecule has 0 aliphatic carbocycles. The zero-order chi connectivity index (χ0) is 13.8. The van der Waals surface area contributed by atoms with Crippen molar-refractivity contribution in [1.29, 1.82) is 0 Å². The molecule has 3 rings (SSSR count). The van der Waals surface area contributed by atoms with Crippen LogP contribution in [0.1, 0.15) is 24.9 Å². The van der Waals surface area contributed by atoms with Crippen molar-refractivity contribution in [2.24, 2.45) is 0 Å². The third-order valence-corrected chi connectivity index (χ3v) is 3.47. The van der Waals surface area contributed by atoms with E-state index in [4.69, 9.17) is 0 Å². The minimum atomic E-state index is 0.237. The molecule has 3 aromatic rings. The van der Waals surface area contributed by atoms with Crippen LogP contribution >= 0.6 is 0 Å². The maximum Gasteiger partial charge on any atom is 0.113 e. The molecule has 2 aromatic carbocycles. The van der Waals surface area contributed by atoms with E-state index in [1.807, 2.05) is 35.1 Å². The molecule has 3 nitrogen and oxygen atoms in total. The second-order valence-electron chi connectivity index (χ2n) is 4.78. The maximum absolute atomic E-state index is 4.31. The molecular formula is C17H17N3. The maximum atomic E-state index is 4.31. The fourth-order valence-electron chi connectivity index (χ4n) is 2.42. The van der Waals surface area contributed by atoms with Crippen LogP contribution in [-0.4, -0.2) is 15.0 Å². The molecule has 0 spiro atoms. The Labute approximate surface area is 118 Å². The zero-order valence-corrected chi connectivity index (χ0v) is 11.5. The minimum absolute atomic E-state index is 0.237. The van der Waals surface area contributed by atoms with Crippen LogP contribution in [-0.2, 0) is 0 Å². The lowest BCUT2D eigenvalue weighted by atomic mass is 10.1. The first kappa shape index (κ1) is 12.6. The molecule has 1 aromatic heterocycles. The Hall–Kier alpha value is -2.42. The van der Waals surface area contributed by atoms with Gasteiger partial charge in [-0.05, 0) is 12.0 Å². The first-order valence-electron chi connectivity index (χ1n) is 6.90. The summed E-state index contributed by atoms with van der Waals surface area (Å²) >= 11 is 0. The van der Waals surface area contributed by atoms with E-state index in [2.05, 4.69) is 53.6 Å². The summed E-state index contributed by atoms with van der Waals surface area (Å²) in [6.45, 7) is 2.17. The van der Waals surface area contributed by atoms with E-state index in [1.165, 1.54) is 5.56 Å². The quantitative estimate of drug-likeness (QED) is 0.713. The summed E-state index contributed by atoms with van der Waals surface area (Å²) < 4.78 is 1.96. The molecule has 0 N–H and O–H groups in total. The third-order valence-electron chi connectivity index (χ3n) is 3.47. The number of nitrogens with zero attached hydrogens (tertiary/aromatic N) is 3. The number of hydrogen-bond donors (Lipinski definition) is 0. The number of benzene rings is 2. The van der Waals surface area contributed by atoms with E-state index in [-0.39, 0.29) is 6.04 Å². The Balaban J connectivity index is 1.93. The number of aromatic nitrogens is 3. The molecule has 0 aliphatic heterocycles. The van der Waals surface area contributed by atoms with Gasteiger partial charge in [0.2, 0.25) is 0 Å². The highest BCUT2D eigenvalue weighted by Gasteiger charge is 2.13. The fourth-order valence-corrected chi connectivity index (χ4v) is 2.42. The summed E-state index contributed by atoms with van der Waals surface area (Å²) in [7, 11) is 0. The highest BCUT2D eigenvalue weighted by atomic mass is 15.4. The standard InChI is InChI=1S/C17H17N3/c1-2-17(15-11-7-4-8-12-15)20-13-16(18-19-20)14-9-5-3-6-10-14/h3-13,17H,2H2,1H3. The predicted octanol–water partition coefficient (Wildman–Crippen LogP) is 3.94. The summed E-state index contributed by atoms with van der Waals surface area (Å²) in [5, 5.41) is 8.60. The van der Waals surface area contributed by atoms with Crippen LogP contribution < -0.4 is 0 Å². The first-order valence-corrected chi connectivity index (χ1v) is 6.90. The van der Waals surface area contributed by atoms with Gasteiger partial charge in [0.15, 0.2) is 0 Å².